The van der Waals surface area contributed by atoms with Gasteiger partial charge in [-0.15, -0.1) is 0 Å². The van der Waals surface area contributed by atoms with E-state index in [2.05, 4.69) is 26.6 Å². The molecule has 1 atom stereocenters. The molecule has 6 heteroatoms. The van der Waals surface area contributed by atoms with Gasteiger partial charge in [0.1, 0.15) is 18.1 Å². The molecule has 0 radical (unpaired) electrons. The molecule has 0 unspecified atom stereocenters. The van der Waals surface area contributed by atoms with Crippen LogP contribution in [-0.2, 0) is 0 Å². The van der Waals surface area contributed by atoms with Gasteiger partial charge in [-0.1, -0.05) is 15.9 Å². The van der Waals surface area contributed by atoms with E-state index in [9.17, 15) is 0 Å². The Kier molecular flexibility index (Phi) is 6.87. The zero-order chi connectivity index (χ0) is 17.5. The Morgan fingerprint density at radius 2 is 1.83 bits per heavy atom. The van der Waals surface area contributed by atoms with Crippen LogP contribution in [0.1, 0.15) is 12.5 Å². The van der Waals surface area contributed by atoms with E-state index in [4.69, 9.17) is 21.7 Å². The molecule has 4 nitrogen and oxygen atoms in total. The van der Waals surface area contributed by atoms with Crippen molar-refractivity contribution >= 4 is 38.9 Å². The molecule has 2 N–H and O–H groups in total. The van der Waals surface area contributed by atoms with Crippen LogP contribution in [0.3, 0.4) is 0 Å². The second-order valence-electron chi connectivity index (χ2n) is 5.45. The molecule has 0 aliphatic heterocycles. The van der Waals surface area contributed by atoms with E-state index in [1.54, 1.807) is 7.11 Å². The van der Waals surface area contributed by atoms with Crippen molar-refractivity contribution in [2.45, 2.75) is 19.9 Å². The lowest BCUT2D eigenvalue weighted by atomic mass is 10.2. The van der Waals surface area contributed by atoms with Crippen molar-refractivity contribution in [3.05, 3.63) is 52.5 Å². The highest BCUT2D eigenvalue weighted by molar-refractivity contribution is 9.10. The summed E-state index contributed by atoms with van der Waals surface area (Å²) in [6.07, 6.45) is 0. The second kappa shape index (κ2) is 8.89. The molecule has 0 aliphatic carbocycles. The fraction of sp³-hybridized carbons (Fsp3) is 0.278. The van der Waals surface area contributed by atoms with Gasteiger partial charge in [-0.2, -0.15) is 0 Å². The average Bonchev–Trinajstić information content (AvgIpc) is 2.56. The van der Waals surface area contributed by atoms with Crippen molar-refractivity contribution in [1.29, 1.82) is 0 Å². The third-order valence-electron chi connectivity index (χ3n) is 3.35. The van der Waals surface area contributed by atoms with Crippen LogP contribution in [0, 0.1) is 6.92 Å². The summed E-state index contributed by atoms with van der Waals surface area (Å²) < 4.78 is 11.9. The Balaban J connectivity index is 1.79. The number of hydrogen-bond acceptors (Lipinski definition) is 3. The first kappa shape index (κ1) is 18.5. The predicted octanol–water partition coefficient (Wildman–Crippen LogP) is 4.52. The molecule has 2 rings (SSSR count). The smallest absolute Gasteiger partial charge is 0.171 e. The molecule has 24 heavy (non-hydrogen) atoms. The van der Waals surface area contributed by atoms with Crippen LogP contribution < -0.4 is 20.1 Å². The highest BCUT2D eigenvalue weighted by atomic mass is 79.9. The van der Waals surface area contributed by atoms with Gasteiger partial charge in [0, 0.05) is 10.2 Å². The molecule has 0 heterocycles. The van der Waals surface area contributed by atoms with Crippen LogP contribution in [0.4, 0.5) is 5.69 Å². The molecule has 0 spiro atoms. The number of aryl methyl sites for hydroxylation is 1. The van der Waals surface area contributed by atoms with Gasteiger partial charge in [-0.3, -0.25) is 0 Å². The standard InChI is InChI=1S/C18H21BrN2O2S/c1-12-10-14(4-9-17(12)19)21-18(24)20-13(2)11-23-16-7-5-15(22-3)6-8-16/h4-10,13H,11H2,1-3H3,(H2,20,21,24)/t13-/m1/s1. The Morgan fingerprint density at radius 1 is 1.17 bits per heavy atom. The summed E-state index contributed by atoms with van der Waals surface area (Å²) in [7, 11) is 1.64. The number of thiocarbonyl (C=S) groups is 1. The highest BCUT2D eigenvalue weighted by Gasteiger charge is 2.06. The van der Waals surface area contributed by atoms with Gasteiger partial charge < -0.3 is 20.1 Å². The summed E-state index contributed by atoms with van der Waals surface area (Å²) in [6.45, 7) is 4.56. The minimum atomic E-state index is 0.0728. The molecule has 0 aliphatic rings. The number of rotatable bonds is 6. The largest absolute Gasteiger partial charge is 0.497 e. The van der Waals surface area contributed by atoms with E-state index >= 15 is 0 Å². The van der Waals surface area contributed by atoms with E-state index in [0.717, 1.165) is 27.2 Å². The topological polar surface area (TPSA) is 42.5 Å². The summed E-state index contributed by atoms with van der Waals surface area (Å²) in [5, 5.41) is 6.97. The Labute approximate surface area is 156 Å². The number of methoxy groups -OCH3 is 1. The van der Waals surface area contributed by atoms with Crippen LogP contribution in [0.5, 0.6) is 11.5 Å². The lowest BCUT2D eigenvalue weighted by molar-refractivity contribution is 0.286. The van der Waals surface area contributed by atoms with Gasteiger partial charge >= 0.3 is 0 Å². The number of nitrogens with one attached hydrogen (secondary N) is 2. The lowest BCUT2D eigenvalue weighted by Gasteiger charge is -2.18. The summed E-state index contributed by atoms with van der Waals surface area (Å²) in [4.78, 5) is 0. The number of hydrogen-bond donors (Lipinski definition) is 2. The van der Waals surface area contributed by atoms with Crippen LogP contribution in [0.15, 0.2) is 46.9 Å². The van der Waals surface area contributed by atoms with Gasteiger partial charge in [-0.05, 0) is 74.1 Å². The average molecular weight is 409 g/mol. The number of ether oxygens (including phenoxy) is 2. The summed E-state index contributed by atoms with van der Waals surface area (Å²) in [5.41, 5.74) is 2.11. The zero-order valence-corrected chi connectivity index (χ0v) is 16.3. The molecule has 0 bridgehead atoms. The first-order chi connectivity index (χ1) is 11.5. The maximum atomic E-state index is 5.74. The van der Waals surface area contributed by atoms with Crippen molar-refractivity contribution in [1.82, 2.24) is 5.32 Å². The number of anilines is 1. The predicted molar refractivity (Wildman–Crippen MR) is 106 cm³/mol. The summed E-state index contributed by atoms with van der Waals surface area (Å²) >= 11 is 8.83. The molecule has 2 aromatic rings. The van der Waals surface area contributed by atoms with E-state index in [1.807, 2.05) is 56.3 Å². The first-order valence-corrected chi connectivity index (χ1v) is 8.78. The molecular weight excluding hydrogens is 388 g/mol. The zero-order valence-electron chi connectivity index (χ0n) is 13.9. The van der Waals surface area contributed by atoms with Crippen LogP contribution >= 0.6 is 28.1 Å². The molecule has 128 valence electrons. The quantitative estimate of drug-likeness (QED) is 0.687. The minimum Gasteiger partial charge on any atom is -0.497 e. The fourth-order valence-electron chi connectivity index (χ4n) is 2.05. The molecule has 0 amide bonds. The Bertz CT molecular complexity index is 692. The van der Waals surface area contributed by atoms with Crippen LogP contribution in [0.2, 0.25) is 0 Å². The lowest BCUT2D eigenvalue weighted by Crippen LogP contribution is -2.39. The van der Waals surface area contributed by atoms with Gasteiger partial charge in [0.15, 0.2) is 5.11 Å². The van der Waals surface area contributed by atoms with Gasteiger partial charge in [-0.25, -0.2) is 0 Å². The summed E-state index contributed by atoms with van der Waals surface area (Å²) in [6, 6.07) is 13.6. The fourth-order valence-corrected chi connectivity index (χ4v) is 2.61. The number of halogens is 1. The minimum absolute atomic E-state index is 0.0728. The van der Waals surface area contributed by atoms with E-state index in [-0.39, 0.29) is 6.04 Å². The first-order valence-electron chi connectivity index (χ1n) is 7.58. The second-order valence-corrected chi connectivity index (χ2v) is 6.71. The summed E-state index contributed by atoms with van der Waals surface area (Å²) in [5.74, 6) is 1.61. The maximum absolute atomic E-state index is 5.74. The van der Waals surface area contributed by atoms with Crippen molar-refractivity contribution in [3.8, 4) is 11.5 Å². The van der Waals surface area contributed by atoms with Crippen LogP contribution in [-0.4, -0.2) is 24.9 Å². The van der Waals surface area contributed by atoms with Gasteiger partial charge in [0.25, 0.3) is 0 Å². The van der Waals surface area contributed by atoms with Crippen LogP contribution in [0.25, 0.3) is 0 Å². The SMILES string of the molecule is COc1ccc(OC[C@@H](C)NC(=S)Nc2ccc(Br)c(C)c2)cc1. The molecule has 2 aromatic carbocycles. The van der Waals surface area contributed by atoms with E-state index in [1.165, 1.54) is 0 Å². The van der Waals surface area contributed by atoms with Crippen molar-refractivity contribution in [2.75, 3.05) is 19.0 Å². The van der Waals surface area contributed by atoms with Crippen molar-refractivity contribution in [3.63, 3.8) is 0 Å². The molecule has 0 saturated carbocycles. The molecular formula is C18H21BrN2O2S. The molecule has 0 fully saturated rings. The Hall–Kier alpha value is -1.79. The third-order valence-corrected chi connectivity index (χ3v) is 4.46. The number of benzene rings is 2. The van der Waals surface area contributed by atoms with Crippen molar-refractivity contribution in [2.24, 2.45) is 0 Å². The van der Waals surface area contributed by atoms with Crippen molar-refractivity contribution < 1.29 is 9.47 Å². The Morgan fingerprint density at radius 3 is 2.46 bits per heavy atom. The van der Waals surface area contributed by atoms with E-state index < -0.39 is 0 Å². The molecule has 0 aromatic heterocycles. The third kappa shape index (κ3) is 5.69. The maximum Gasteiger partial charge on any atom is 0.171 e. The normalized spacial score (nSPS) is 11.5. The highest BCUT2D eigenvalue weighted by Crippen LogP contribution is 2.20. The monoisotopic (exact) mass is 408 g/mol. The molecule has 0 saturated heterocycles. The van der Waals surface area contributed by atoms with E-state index in [0.29, 0.717) is 11.7 Å². The van der Waals surface area contributed by atoms with Gasteiger partial charge in [0.2, 0.25) is 0 Å². The van der Waals surface area contributed by atoms with Gasteiger partial charge in [0.05, 0.1) is 13.2 Å².